The van der Waals surface area contributed by atoms with Crippen LogP contribution in [0.25, 0.3) is 0 Å². The van der Waals surface area contributed by atoms with Crippen LogP contribution < -0.4 is 9.47 Å². The molecule has 0 aliphatic heterocycles. The highest BCUT2D eigenvalue weighted by atomic mass is 16.5. The molecule has 3 rings (SSSR count). The number of hydrogen-bond donors (Lipinski definition) is 0. The SMILES string of the molecule is COc1ccc(OC)c(CC(=O)N(Cc2ccccc2)Cc2ccccc2)c1. The predicted octanol–water partition coefficient (Wildman–Crippen LogP) is 4.48. The maximum atomic E-state index is 13.2. The average molecular weight is 375 g/mol. The molecule has 0 fully saturated rings. The molecule has 0 bridgehead atoms. The number of rotatable bonds is 8. The molecular formula is C24H25NO3. The molecule has 0 radical (unpaired) electrons. The lowest BCUT2D eigenvalue weighted by Gasteiger charge is -2.24. The van der Waals surface area contributed by atoms with Crippen molar-refractivity contribution in [3.8, 4) is 11.5 Å². The van der Waals surface area contributed by atoms with Gasteiger partial charge in [0.2, 0.25) is 5.91 Å². The average Bonchev–Trinajstić information content (AvgIpc) is 2.74. The smallest absolute Gasteiger partial charge is 0.227 e. The summed E-state index contributed by atoms with van der Waals surface area (Å²) in [5, 5.41) is 0. The molecule has 28 heavy (non-hydrogen) atoms. The van der Waals surface area contributed by atoms with E-state index in [4.69, 9.17) is 9.47 Å². The van der Waals surface area contributed by atoms with Crippen molar-refractivity contribution in [2.75, 3.05) is 14.2 Å². The van der Waals surface area contributed by atoms with E-state index in [1.807, 2.05) is 83.8 Å². The number of nitrogens with zero attached hydrogens (tertiary/aromatic N) is 1. The minimum absolute atomic E-state index is 0.0410. The fourth-order valence-corrected chi connectivity index (χ4v) is 3.13. The van der Waals surface area contributed by atoms with Crippen molar-refractivity contribution in [2.24, 2.45) is 0 Å². The first-order chi connectivity index (χ1) is 13.7. The van der Waals surface area contributed by atoms with Crippen molar-refractivity contribution >= 4 is 5.91 Å². The van der Waals surface area contributed by atoms with Gasteiger partial charge in [0, 0.05) is 18.7 Å². The maximum absolute atomic E-state index is 13.2. The summed E-state index contributed by atoms with van der Waals surface area (Å²) in [5.74, 6) is 1.44. The van der Waals surface area contributed by atoms with Crippen molar-refractivity contribution in [1.29, 1.82) is 0 Å². The van der Waals surface area contributed by atoms with Crippen molar-refractivity contribution in [2.45, 2.75) is 19.5 Å². The Labute approximate surface area is 166 Å². The van der Waals surface area contributed by atoms with Gasteiger partial charge in [-0.1, -0.05) is 60.7 Å². The van der Waals surface area contributed by atoms with E-state index in [-0.39, 0.29) is 12.3 Å². The second-order valence-corrected chi connectivity index (χ2v) is 6.58. The van der Waals surface area contributed by atoms with E-state index in [0.717, 1.165) is 16.7 Å². The number of methoxy groups -OCH3 is 2. The molecule has 0 aliphatic carbocycles. The molecule has 0 aromatic heterocycles. The van der Waals surface area contributed by atoms with Gasteiger partial charge >= 0.3 is 0 Å². The number of amides is 1. The van der Waals surface area contributed by atoms with E-state index < -0.39 is 0 Å². The third-order valence-corrected chi connectivity index (χ3v) is 4.61. The van der Waals surface area contributed by atoms with E-state index in [9.17, 15) is 4.79 Å². The zero-order chi connectivity index (χ0) is 19.8. The van der Waals surface area contributed by atoms with Crippen LogP contribution in [0.2, 0.25) is 0 Å². The van der Waals surface area contributed by atoms with Crippen LogP contribution in [0.15, 0.2) is 78.9 Å². The highest BCUT2D eigenvalue weighted by molar-refractivity contribution is 5.79. The molecule has 3 aromatic carbocycles. The molecule has 4 nitrogen and oxygen atoms in total. The Morgan fingerprint density at radius 3 is 1.86 bits per heavy atom. The Bertz CT molecular complexity index is 853. The largest absolute Gasteiger partial charge is 0.497 e. The molecule has 0 unspecified atom stereocenters. The lowest BCUT2D eigenvalue weighted by Crippen LogP contribution is -2.31. The van der Waals surface area contributed by atoms with E-state index in [1.165, 1.54) is 0 Å². The summed E-state index contributed by atoms with van der Waals surface area (Å²) in [7, 11) is 3.23. The van der Waals surface area contributed by atoms with E-state index in [0.29, 0.717) is 24.6 Å². The zero-order valence-electron chi connectivity index (χ0n) is 16.3. The van der Waals surface area contributed by atoms with Crippen LogP contribution in [-0.4, -0.2) is 25.0 Å². The molecule has 0 saturated heterocycles. The first kappa shape index (κ1) is 19.5. The van der Waals surface area contributed by atoms with Gasteiger partial charge in [0.15, 0.2) is 0 Å². The van der Waals surface area contributed by atoms with Crippen LogP contribution in [0.4, 0.5) is 0 Å². The van der Waals surface area contributed by atoms with Gasteiger partial charge < -0.3 is 14.4 Å². The number of hydrogen-bond acceptors (Lipinski definition) is 3. The van der Waals surface area contributed by atoms with Crippen molar-refractivity contribution in [3.63, 3.8) is 0 Å². The first-order valence-corrected chi connectivity index (χ1v) is 9.26. The minimum Gasteiger partial charge on any atom is -0.497 e. The second-order valence-electron chi connectivity index (χ2n) is 6.58. The molecule has 0 spiro atoms. The summed E-state index contributed by atoms with van der Waals surface area (Å²) < 4.78 is 10.7. The van der Waals surface area contributed by atoms with Crippen molar-refractivity contribution in [3.05, 3.63) is 95.6 Å². The Balaban J connectivity index is 1.83. The third kappa shape index (κ3) is 5.13. The van der Waals surface area contributed by atoms with Gasteiger partial charge in [-0.15, -0.1) is 0 Å². The monoisotopic (exact) mass is 375 g/mol. The highest BCUT2D eigenvalue weighted by Crippen LogP contribution is 2.25. The molecule has 4 heteroatoms. The third-order valence-electron chi connectivity index (χ3n) is 4.61. The van der Waals surface area contributed by atoms with E-state index in [2.05, 4.69) is 0 Å². The number of benzene rings is 3. The Morgan fingerprint density at radius 2 is 1.36 bits per heavy atom. The van der Waals surface area contributed by atoms with Gasteiger partial charge in [0.05, 0.1) is 20.6 Å². The predicted molar refractivity (Wildman–Crippen MR) is 110 cm³/mol. The van der Waals surface area contributed by atoms with Gasteiger partial charge in [-0.2, -0.15) is 0 Å². The highest BCUT2D eigenvalue weighted by Gasteiger charge is 2.18. The molecule has 144 valence electrons. The summed E-state index contributed by atoms with van der Waals surface area (Å²) in [6.45, 7) is 1.11. The van der Waals surface area contributed by atoms with Gasteiger partial charge in [-0.3, -0.25) is 4.79 Å². The van der Waals surface area contributed by atoms with Gasteiger partial charge in [-0.25, -0.2) is 0 Å². The van der Waals surface area contributed by atoms with Crippen LogP contribution in [0.1, 0.15) is 16.7 Å². The topological polar surface area (TPSA) is 38.8 Å². The molecule has 0 saturated carbocycles. The van der Waals surface area contributed by atoms with Crippen LogP contribution in [0, 0.1) is 0 Å². The summed E-state index contributed by atoms with van der Waals surface area (Å²) in [5.41, 5.74) is 3.02. The Morgan fingerprint density at radius 1 is 0.786 bits per heavy atom. The lowest BCUT2D eigenvalue weighted by molar-refractivity contribution is -0.131. The fraction of sp³-hybridized carbons (Fsp3) is 0.208. The number of carbonyl (C=O) groups excluding carboxylic acids is 1. The first-order valence-electron chi connectivity index (χ1n) is 9.26. The molecular weight excluding hydrogens is 350 g/mol. The van der Waals surface area contributed by atoms with Crippen molar-refractivity contribution in [1.82, 2.24) is 4.90 Å². The van der Waals surface area contributed by atoms with E-state index >= 15 is 0 Å². The molecule has 3 aromatic rings. The number of ether oxygens (including phenoxy) is 2. The van der Waals surface area contributed by atoms with Gasteiger partial charge in [-0.05, 0) is 29.3 Å². The normalized spacial score (nSPS) is 10.4. The van der Waals surface area contributed by atoms with Gasteiger partial charge in [0.1, 0.15) is 11.5 Å². The van der Waals surface area contributed by atoms with Crippen LogP contribution in [-0.2, 0) is 24.3 Å². The quantitative estimate of drug-likeness (QED) is 0.583. The molecule has 0 N–H and O–H groups in total. The maximum Gasteiger partial charge on any atom is 0.227 e. The van der Waals surface area contributed by atoms with Crippen LogP contribution in [0.5, 0.6) is 11.5 Å². The summed E-state index contributed by atoms with van der Waals surface area (Å²) in [4.78, 5) is 15.1. The van der Waals surface area contributed by atoms with E-state index in [1.54, 1.807) is 14.2 Å². The van der Waals surface area contributed by atoms with Gasteiger partial charge in [0.25, 0.3) is 0 Å². The Hall–Kier alpha value is -3.27. The molecule has 0 aliphatic rings. The fourth-order valence-electron chi connectivity index (χ4n) is 3.13. The lowest BCUT2D eigenvalue weighted by atomic mass is 10.1. The second kappa shape index (κ2) is 9.60. The van der Waals surface area contributed by atoms with Crippen LogP contribution >= 0.6 is 0 Å². The number of carbonyl (C=O) groups is 1. The summed E-state index contributed by atoms with van der Waals surface area (Å²) in [6.07, 6.45) is 0.250. The van der Waals surface area contributed by atoms with Crippen LogP contribution in [0.3, 0.4) is 0 Å². The summed E-state index contributed by atoms with van der Waals surface area (Å²) in [6, 6.07) is 25.6. The molecule has 0 atom stereocenters. The standard InChI is InChI=1S/C24H25NO3/c1-27-22-13-14-23(28-2)21(15-22)16-24(26)25(17-19-9-5-3-6-10-19)18-20-11-7-4-8-12-20/h3-15H,16-18H2,1-2H3. The summed E-state index contributed by atoms with van der Waals surface area (Å²) >= 11 is 0. The van der Waals surface area contributed by atoms with Crippen molar-refractivity contribution < 1.29 is 14.3 Å². The minimum atomic E-state index is 0.0410. The molecule has 1 amide bonds. The zero-order valence-corrected chi connectivity index (χ0v) is 16.3. The molecule has 0 heterocycles. The Kier molecular flexibility index (Phi) is 6.68.